The molecule has 5 heteroatoms. The highest BCUT2D eigenvalue weighted by Crippen LogP contribution is 2.19. The van der Waals surface area contributed by atoms with Crippen LogP contribution in [0, 0.1) is 0 Å². The molecule has 3 rings (SSSR count). The van der Waals surface area contributed by atoms with Crippen LogP contribution < -0.4 is 10.2 Å². The molecular weight excluding hydrogens is 372 g/mol. The van der Waals surface area contributed by atoms with Gasteiger partial charge in [0, 0.05) is 17.0 Å². The number of carbonyl (C=O) groups excluding carboxylic acids is 1. The van der Waals surface area contributed by atoms with E-state index in [1.165, 1.54) is 0 Å². The van der Waals surface area contributed by atoms with Crippen molar-refractivity contribution in [2.75, 3.05) is 0 Å². The molecule has 3 aromatic rings. The second-order valence-electron chi connectivity index (χ2n) is 6.23. The summed E-state index contributed by atoms with van der Waals surface area (Å²) in [7, 11) is 0. The van der Waals surface area contributed by atoms with Crippen LogP contribution in [0.25, 0.3) is 0 Å². The second kappa shape index (κ2) is 10.3. The number of benzene rings is 3. The molecule has 0 aliphatic heterocycles. The summed E-state index contributed by atoms with van der Waals surface area (Å²) in [5, 5.41) is 4.71. The smallest absolute Gasteiger partial charge is 0.240 e. The molecule has 0 aliphatic carbocycles. The lowest BCUT2D eigenvalue weighted by atomic mass is 10.1. The Morgan fingerprint density at radius 2 is 1.79 bits per heavy atom. The van der Waals surface area contributed by atoms with Gasteiger partial charge in [0.2, 0.25) is 5.91 Å². The van der Waals surface area contributed by atoms with Crippen LogP contribution in [0.1, 0.15) is 23.1 Å². The fourth-order valence-corrected chi connectivity index (χ4v) is 2.79. The van der Waals surface area contributed by atoms with Crippen LogP contribution in [0.3, 0.4) is 0 Å². The quantitative estimate of drug-likeness (QED) is 0.433. The van der Waals surface area contributed by atoms with Crippen LogP contribution in [-0.4, -0.2) is 12.1 Å². The van der Waals surface area contributed by atoms with Crippen molar-refractivity contribution in [3.05, 3.63) is 101 Å². The van der Waals surface area contributed by atoms with Crippen LogP contribution in [-0.2, 0) is 17.8 Å². The van der Waals surface area contributed by atoms with Crippen LogP contribution in [0.4, 0.5) is 0 Å². The normalized spacial score (nSPS) is 10.8. The maximum absolute atomic E-state index is 11.9. The van der Waals surface area contributed by atoms with Gasteiger partial charge in [0.15, 0.2) is 0 Å². The molecule has 1 N–H and O–H groups in total. The van der Waals surface area contributed by atoms with Gasteiger partial charge in [0.25, 0.3) is 0 Å². The summed E-state index contributed by atoms with van der Waals surface area (Å²) in [5.41, 5.74) is 5.45. The average molecular weight is 393 g/mol. The lowest BCUT2D eigenvalue weighted by Crippen LogP contribution is -2.17. The van der Waals surface area contributed by atoms with E-state index in [1.54, 1.807) is 6.21 Å². The Morgan fingerprint density at radius 1 is 1.00 bits per heavy atom. The number of nitrogens with zero attached hydrogens (tertiary/aromatic N) is 1. The molecule has 0 saturated heterocycles. The van der Waals surface area contributed by atoms with Crippen molar-refractivity contribution in [1.82, 2.24) is 5.43 Å². The summed E-state index contributed by atoms with van der Waals surface area (Å²) in [5.74, 6) is 0.588. The van der Waals surface area contributed by atoms with Crippen molar-refractivity contribution in [1.29, 1.82) is 0 Å². The molecule has 3 aromatic carbocycles. The molecule has 0 unspecified atom stereocenters. The minimum absolute atomic E-state index is 0.119. The summed E-state index contributed by atoms with van der Waals surface area (Å²) in [4.78, 5) is 11.9. The first-order valence-electron chi connectivity index (χ1n) is 9.03. The van der Waals surface area contributed by atoms with Gasteiger partial charge in [-0.15, -0.1) is 0 Å². The number of hydrazone groups is 1. The number of halogens is 1. The van der Waals surface area contributed by atoms with Crippen LogP contribution in [0.2, 0.25) is 5.02 Å². The molecule has 142 valence electrons. The number of hydrogen-bond acceptors (Lipinski definition) is 3. The van der Waals surface area contributed by atoms with Gasteiger partial charge in [0.05, 0.1) is 6.21 Å². The topological polar surface area (TPSA) is 50.7 Å². The van der Waals surface area contributed by atoms with Gasteiger partial charge < -0.3 is 4.74 Å². The number of aryl methyl sites for hydroxylation is 1. The first kappa shape index (κ1) is 19.6. The first-order chi connectivity index (χ1) is 13.7. The second-order valence-corrected chi connectivity index (χ2v) is 6.64. The minimum Gasteiger partial charge on any atom is -0.489 e. The zero-order valence-electron chi connectivity index (χ0n) is 15.3. The van der Waals surface area contributed by atoms with Crippen LogP contribution >= 0.6 is 11.6 Å². The molecule has 28 heavy (non-hydrogen) atoms. The Hall–Kier alpha value is -3.11. The zero-order chi connectivity index (χ0) is 19.6. The molecule has 0 atom stereocenters. The number of nitrogens with one attached hydrogen (secondary N) is 1. The number of hydrogen-bond donors (Lipinski definition) is 1. The zero-order valence-corrected chi connectivity index (χ0v) is 16.1. The van der Waals surface area contributed by atoms with Gasteiger partial charge >= 0.3 is 0 Å². The molecule has 0 radical (unpaired) electrons. The maximum atomic E-state index is 11.9. The lowest BCUT2D eigenvalue weighted by molar-refractivity contribution is -0.121. The molecule has 0 spiro atoms. The van der Waals surface area contributed by atoms with E-state index in [2.05, 4.69) is 10.5 Å². The molecular formula is C23H21ClN2O2. The third kappa shape index (κ3) is 6.25. The summed E-state index contributed by atoms with van der Waals surface area (Å²) in [6, 6.07) is 25.0. The Bertz CT molecular complexity index is 942. The summed E-state index contributed by atoms with van der Waals surface area (Å²) >= 11 is 6.14. The fourth-order valence-electron chi connectivity index (χ4n) is 2.60. The number of ether oxygens (including phenoxy) is 1. The third-order valence-electron chi connectivity index (χ3n) is 4.10. The van der Waals surface area contributed by atoms with Gasteiger partial charge in [0.1, 0.15) is 12.4 Å². The largest absolute Gasteiger partial charge is 0.489 e. The standard InChI is InChI=1S/C23H21ClN2O2/c24-22-12-5-4-10-20(22)17-28-21-11-6-9-19(15-21)16-25-26-23(27)14-13-18-7-2-1-3-8-18/h1-12,15-16H,13-14,17H2,(H,26,27)/b25-16-. The van der Waals surface area contributed by atoms with E-state index in [1.807, 2.05) is 78.9 Å². The molecule has 0 saturated carbocycles. The monoisotopic (exact) mass is 392 g/mol. The Kier molecular flexibility index (Phi) is 7.21. The highest BCUT2D eigenvalue weighted by molar-refractivity contribution is 6.31. The molecule has 0 heterocycles. The van der Waals surface area contributed by atoms with E-state index in [-0.39, 0.29) is 5.91 Å². The molecule has 0 aliphatic rings. The van der Waals surface area contributed by atoms with E-state index in [0.29, 0.717) is 30.2 Å². The van der Waals surface area contributed by atoms with E-state index in [0.717, 1.165) is 16.7 Å². The molecule has 0 aromatic heterocycles. The molecule has 0 fully saturated rings. The summed E-state index contributed by atoms with van der Waals surface area (Å²) < 4.78 is 5.80. The highest BCUT2D eigenvalue weighted by Gasteiger charge is 2.02. The Labute approximate surface area is 169 Å². The van der Waals surface area contributed by atoms with Gasteiger partial charge in [-0.3, -0.25) is 4.79 Å². The maximum Gasteiger partial charge on any atom is 0.240 e. The van der Waals surface area contributed by atoms with E-state index < -0.39 is 0 Å². The van der Waals surface area contributed by atoms with Gasteiger partial charge in [-0.05, 0) is 35.7 Å². The number of carbonyl (C=O) groups is 1. The van der Waals surface area contributed by atoms with E-state index >= 15 is 0 Å². The van der Waals surface area contributed by atoms with Crippen molar-refractivity contribution < 1.29 is 9.53 Å². The van der Waals surface area contributed by atoms with Gasteiger partial charge in [-0.2, -0.15) is 5.10 Å². The fraction of sp³-hybridized carbons (Fsp3) is 0.130. The van der Waals surface area contributed by atoms with E-state index in [4.69, 9.17) is 16.3 Å². The molecule has 0 bridgehead atoms. The minimum atomic E-state index is -0.119. The average Bonchev–Trinajstić information content (AvgIpc) is 2.73. The summed E-state index contributed by atoms with van der Waals surface area (Å²) in [6.07, 6.45) is 2.68. The van der Waals surface area contributed by atoms with Crippen molar-refractivity contribution in [2.45, 2.75) is 19.4 Å². The van der Waals surface area contributed by atoms with Gasteiger partial charge in [-0.25, -0.2) is 5.43 Å². The Morgan fingerprint density at radius 3 is 2.61 bits per heavy atom. The van der Waals surface area contributed by atoms with Crippen molar-refractivity contribution in [3.63, 3.8) is 0 Å². The lowest BCUT2D eigenvalue weighted by Gasteiger charge is -2.08. The van der Waals surface area contributed by atoms with Crippen LogP contribution in [0.15, 0.2) is 84.0 Å². The molecule has 1 amide bonds. The predicted molar refractivity (Wildman–Crippen MR) is 113 cm³/mol. The van der Waals surface area contributed by atoms with Crippen molar-refractivity contribution >= 4 is 23.7 Å². The van der Waals surface area contributed by atoms with E-state index in [9.17, 15) is 4.79 Å². The third-order valence-corrected chi connectivity index (χ3v) is 4.47. The van der Waals surface area contributed by atoms with Crippen LogP contribution in [0.5, 0.6) is 5.75 Å². The van der Waals surface area contributed by atoms with Crippen molar-refractivity contribution in [3.8, 4) is 5.75 Å². The number of amides is 1. The molecule has 4 nitrogen and oxygen atoms in total. The predicted octanol–water partition coefficient (Wildman–Crippen LogP) is 5.00. The van der Waals surface area contributed by atoms with Gasteiger partial charge in [-0.1, -0.05) is 72.3 Å². The number of rotatable bonds is 8. The first-order valence-corrected chi connectivity index (χ1v) is 9.40. The SMILES string of the molecule is O=C(CCc1ccccc1)N/N=C\c1cccc(OCc2ccccc2Cl)c1. The summed E-state index contributed by atoms with van der Waals surface area (Å²) in [6.45, 7) is 0.385. The Balaban J connectivity index is 1.48. The van der Waals surface area contributed by atoms with Crippen molar-refractivity contribution in [2.24, 2.45) is 5.10 Å². The highest BCUT2D eigenvalue weighted by atomic mass is 35.5.